The molecule has 0 saturated heterocycles. The van der Waals surface area contributed by atoms with Crippen LogP contribution in [0.3, 0.4) is 0 Å². The fourth-order valence-electron chi connectivity index (χ4n) is 2.07. The van der Waals surface area contributed by atoms with Crippen LogP contribution in [-0.2, 0) is 4.79 Å². The summed E-state index contributed by atoms with van der Waals surface area (Å²) in [6.07, 6.45) is 1.05. The van der Waals surface area contributed by atoms with Gasteiger partial charge >= 0.3 is 12.0 Å². The highest BCUT2D eigenvalue weighted by Crippen LogP contribution is 2.18. The largest absolute Gasteiger partial charge is 0.480 e. The Morgan fingerprint density at radius 1 is 1.43 bits per heavy atom. The van der Waals surface area contributed by atoms with Gasteiger partial charge in [-0.3, -0.25) is 0 Å². The highest BCUT2D eigenvalue weighted by atomic mass is 79.9. The maximum atomic E-state index is 12.0. The third kappa shape index (κ3) is 5.04. The number of halogens is 1. The smallest absolute Gasteiger partial charge is 0.329 e. The fraction of sp³-hybridized carbons (Fsp3) is 0.467. The summed E-state index contributed by atoms with van der Waals surface area (Å²) >= 11 is 3.38. The Morgan fingerprint density at radius 2 is 2.10 bits per heavy atom. The van der Waals surface area contributed by atoms with Gasteiger partial charge in [-0.1, -0.05) is 41.4 Å². The predicted octanol–water partition coefficient (Wildman–Crippen LogP) is 3.45. The van der Waals surface area contributed by atoms with E-state index in [0.717, 1.165) is 10.0 Å². The van der Waals surface area contributed by atoms with Crippen LogP contribution in [0.1, 0.15) is 45.2 Å². The van der Waals surface area contributed by atoms with Gasteiger partial charge in [0.05, 0.1) is 6.04 Å². The molecule has 0 aliphatic rings. The van der Waals surface area contributed by atoms with Crippen molar-refractivity contribution in [2.75, 3.05) is 0 Å². The van der Waals surface area contributed by atoms with Crippen molar-refractivity contribution in [3.63, 3.8) is 0 Å². The van der Waals surface area contributed by atoms with E-state index in [1.165, 1.54) is 6.92 Å². The molecule has 1 rings (SSSR count). The lowest BCUT2D eigenvalue weighted by atomic mass is 9.96. The summed E-state index contributed by atoms with van der Waals surface area (Å²) in [5.41, 5.74) is -0.317. The van der Waals surface area contributed by atoms with E-state index >= 15 is 0 Å². The van der Waals surface area contributed by atoms with E-state index in [2.05, 4.69) is 26.6 Å². The van der Waals surface area contributed by atoms with Crippen molar-refractivity contribution in [1.82, 2.24) is 10.6 Å². The van der Waals surface area contributed by atoms with Crippen LogP contribution in [-0.4, -0.2) is 22.6 Å². The van der Waals surface area contributed by atoms with Crippen molar-refractivity contribution in [2.45, 2.75) is 45.2 Å². The Morgan fingerprint density at radius 3 is 2.62 bits per heavy atom. The van der Waals surface area contributed by atoms with Crippen LogP contribution in [0.4, 0.5) is 4.79 Å². The zero-order chi connectivity index (χ0) is 16.0. The number of carboxylic acids is 1. The van der Waals surface area contributed by atoms with Crippen molar-refractivity contribution in [1.29, 1.82) is 0 Å². The average molecular weight is 357 g/mol. The van der Waals surface area contributed by atoms with E-state index in [9.17, 15) is 14.7 Å². The number of benzene rings is 1. The molecule has 0 aromatic heterocycles. The van der Waals surface area contributed by atoms with Crippen LogP contribution < -0.4 is 10.6 Å². The van der Waals surface area contributed by atoms with Gasteiger partial charge in [-0.25, -0.2) is 9.59 Å². The minimum absolute atomic E-state index is 0.220. The van der Waals surface area contributed by atoms with E-state index in [-0.39, 0.29) is 6.04 Å². The van der Waals surface area contributed by atoms with Crippen molar-refractivity contribution in [2.24, 2.45) is 0 Å². The molecule has 2 amide bonds. The van der Waals surface area contributed by atoms with E-state index in [0.29, 0.717) is 12.8 Å². The molecular weight excluding hydrogens is 336 g/mol. The predicted molar refractivity (Wildman–Crippen MR) is 85.2 cm³/mol. The zero-order valence-corrected chi connectivity index (χ0v) is 14.0. The van der Waals surface area contributed by atoms with Crippen molar-refractivity contribution in [3.8, 4) is 0 Å². The first-order valence-electron chi connectivity index (χ1n) is 6.86. The lowest BCUT2D eigenvalue weighted by Gasteiger charge is -2.27. The van der Waals surface area contributed by atoms with Gasteiger partial charge in [-0.15, -0.1) is 0 Å². The SMILES string of the molecule is CCCC(C)(NC(=O)NC(C)c1cccc(Br)c1)C(=O)O. The number of hydrogen-bond donors (Lipinski definition) is 3. The molecule has 0 heterocycles. The van der Waals surface area contributed by atoms with Crippen LogP contribution in [0, 0.1) is 0 Å². The van der Waals surface area contributed by atoms with E-state index < -0.39 is 17.5 Å². The van der Waals surface area contributed by atoms with E-state index in [1.54, 1.807) is 0 Å². The monoisotopic (exact) mass is 356 g/mol. The Labute approximate surface area is 133 Å². The molecule has 0 fully saturated rings. The third-order valence-electron chi connectivity index (χ3n) is 3.31. The maximum absolute atomic E-state index is 12.0. The lowest BCUT2D eigenvalue weighted by Crippen LogP contribution is -2.55. The number of nitrogens with one attached hydrogen (secondary N) is 2. The summed E-state index contributed by atoms with van der Waals surface area (Å²) in [6, 6.07) is 6.89. The molecule has 21 heavy (non-hydrogen) atoms. The zero-order valence-electron chi connectivity index (χ0n) is 12.4. The molecule has 1 aromatic carbocycles. The minimum atomic E-state index is -1.25. The maximum Gasteiger partial charge on any atom is 0.329 e. The van der Waals surface area contributed by atoms with Crippen LogP contribution in [0.5, 0.6) is 0 Å². The van der Waals surface area contributed by atoms with Crippen LogP contribution >= 0.6 is 15.9 Å². The minimum Gasteiger partial charge on any atom is -0.480 e. The van der Waals surface area contributed by atoms with Crippen LogP contribution in [0.25, 0.3) is 0 Å². The molecule has 2 atom stereocenters. The van der Waals surface area contributed by atoms with Gasteiger partial charge in [0.15, 0.2) is 0 Å². The van der Waals surface area contributed by atoms with Gasteiger partial charge in [0, 0.05) is 4.47 Å². The standard InChI is InChI=1S/C15H21BrN2O3/c1-4-8-15(3,13(19)20)18-14(21)17-10(2)11-6-5-7-12(16)9-11/h5-7,9-10H,4,8H2,1-3H3,(H,19,20)(H2,17,18,21). The van der Waals surface area contributed by atoms with E-state index in [4.69, 9.17) is 0 Å². The highest BCUT2D eigenvalue weighted by molar-refractivity contribution is 9.10. The number of amides is 2. The van der Waals surface area contributed by atoms with Gasteiger partial charge in [0.25, 0.3) is 0 Å². The number of carboxylic acid groups (broad SMARTS) is 1. The molecule has 1 aromatic rings. The summed E-state index contributed by atoms with van der Waals surface area (Å²) in [5, 5.41) is 14.6. The Balaban J connectivity index is 2.70. The molecule has 0 aliphatic carbocycles. The van der Waals surface area contributed by atoms with Crippen LogP contribution in [0.15, 0.2) is 28.7 Å². The number of hydrogen-bond acceptors (Lipinski definition) is 2. The van der Waals surface area contributed by atoms with Crippen molar-refractivity contribution >= 4 is 27.9 Å². The van der Waals surface area contributed by atoms with Gasteiger partial charge in [0.1, 0.15) is 5.54 Å². The second-order valence-corrected chi connectivity index (χ2v) is 6.18. The second kappa shape index (κ2) is 7.45. The molecule has 3 N–H and O–H groups in total. The molecule has 5 nitrogen and oxygen atoms in total. The molecule has 0 saturated carbocycles. The van der Waals surface area contributed by atoms with Crippen LogP contribution in [0.2, 0.25) is 0 Å². The van der Waals surface area contributed by atoms with Gasteiger partial charge in [-0.05, 0) is 38.0 Å². The summed E-state index contributed by atoms with van der Waals surface area (Å²) in [5.74, 6) is -1.03. The molecule has 2 unspecified atom stereocenters. The first-order chi connectivity index (χ1) is 9.78. The van der Waals surface area contributed by atoms with Gasteiger partial charge in [0.2, 0.25) is 0 Å². The molecule has 6 heteroatoms. The quantitative estimate of drug-likeness (QED) is 0.730. The number of aliphatic carboxylic acids is 1. The average Bonchev–Trinajstić information content (AvgIpc) is 2.38. The number of rotatable bonds is 6. The molecule has 0 spiro atoms. The Bertz CT molecular complexity index is 521. The number of carbonyl (C=O) groups excluding carboxylic acids is 1. The molecule has 0 aliphatic heterocycles. The lowest BCUT2D eigenvalue weighted by molar-refractivity contribution is -0.144. The van der Waals surface area contributed by atoms with Crippen molar-refractivity contribution in [3.05, 3.63) is 34.3 Å². The first kappa shape index (κ1) is 17.5. The number of carbonyl (C=O) groups is 2. The fourth-order valence-corrected chi connectivity index (χ4v) is 2.48. The first-order valence-corrected chi connectivity index (χ1v) is 7.65. The number of urea groups is 1. The summed E-state index contributed by atoms with van der Waals surface area (Å²) in [6.45, 7) is 5.24. The highest BCUT2D eigenvalue weighted by Gasteiger charge is 2.34. The normalized spacial score (nSPS) is 14.9. The van der Waals surface area contributed by atoms with Gasteiger partial charge < -0.3 is 15.7 Å². The van der Waals surface area contributed by atoms with Gasteiger partial charge in [-0.2, -0.15) is 0 Å². The topological polar surface area (TPSA) is 78.4 Å². The third-order valence-corrected chi connectivity index (χ3v) is 3.80. The molecule has 0 bridgehead atoms. The summed E-state index contributed by atoms with van der Waals surface area (Å²) < 4.78 is 0.926. The second-order valence-electron chi connectivity index (χ2n) is 5.26. The molecular formula is C15H21BrN2O3. The van der Waals surface area contributed by atoms with E-state index in [1.807, 2.05) is 38.1 Å². The molecule has 116 valence electrons. The summed E-state index contributed by atoms with van der Waals surface area (Å²) in [7, 11) is 0. The summed E-state index contributed by atoms with van der Waals surface area (Å²) in [4.78, 5) is 23.3. The Kier molecular flexibility index (Phi) is 6.20. The van der Waals surface area contributed by atoms with Crippen molar-refractivity contribution < 1.29 is 14.7 Å². The Hall–Kier alpha value is -1.56. The molecule has 0 radical (unpaired) electrons.